The minimum Gasteiger partial charge on any atom is -0.365 e. The van der Waals surface area contributed by atoms with E-state index in [0.717, 1.165) is 16.4 Å². The number of aromatic nitrogens is 1. The number of nitriles is 1. The largest absolute Gasteiger partial charge is 0.365 e. The summed E-state index contributed by atoms with van der Waals surface area (Å²) in [5.74, 6) is 0. The SMILES string of the molecule is Cc1ccc(NC(C#N)c2csc(C(C)(C)C)n2)cc1. The molecule has 0 amide bonds. The van der Waals surface area contributed by atoms with Gasteiger partial charge in [0, 0.05) is 16.5 Å². The van der Waals surface area contributed by atoms with E-state index >= 15 is 0 Å². The molecule has 1 heterocycles. The van der Waals surface area contributed by atoms with Crippen LogP contribution in [0.2, 0.25) is 0 Å². The Balaban J connectivity index is 2.19. The Kier molecular flexibility index (Phi) is 4.10. The number of hydrogen-bond donors (Lipinski definition) is 1. The fraction of sp³-hybridized carbons (Fsp3) is 0.375. The summed E-state index contributed by atoms with van der Waals surface area (Å²) in [4.78, 5) is 4.60. The molecule has 0 aliphatic heterocycles. The Morgan fingerprint density at radius 1 is 1.25 bits per heavy atom. The van der Waals surface area contributed by atoms with Gasteiger partial charge in [0.2, 0.25) is 0 Å². The molecule has 0 aliphatic carbocycles. The molecule has 20 heavy (non-hydrogen) atoms. The Bertz CT molecular complexity index is 614. The molecule has 1 N–H and O–H groups in total. The van der Waals surface area contributed by atoms with Crippen LogP contribution in [0.3, 0.4) is 0 Å². The molecule has 2 aromatic rings. The Morgan fingerprint density at radius 2 is 1.90 bits per heavy atom. The van der Waals surface area contributed by atoms with Crippen LogP contribution in [0.1, 0.15) is 43.1 Å². The minimum atomic E-state index is -0.412. The molecular formula is C16H19N3S. The number of benzene rings is 1. The van der Waals surface area contributed by atoms with E-state index in [-0.39, 0.29) is 5.41 Å². The van der Waals surface area contributed by atoms with Gasteiger partial charge in [0.1, 0.15) is 0 Å². The summed E-state index contributed by atoms with van der Waals surface area (Å²) in [6.07, 6.45) is 0. The lowest BCUT2D eigenvalue weighted by molar-refractivity contribution is 0.582. The van der Waals surface area contributed by atoms with Gasteiger partial charge >= 0.3 is 0 Å². The molecule has 1 unspecified atom stereocenters. The van der Waals surface area contributed by atoms with E-state index in [4.69, 9.17) is 0 Å². The third kappa shape index (κ3) is 3.37. The topological polar surface area (TPSA) is 48.7 Å². The zero-order valence-corrected chi connectivity index (χ0v) is 13.1. The fourth-order valence-electron chi connectivity index (χ4n) is 1.75. The van der Waals surface area contributed by atoms with Crippen LogP contribution in [0.25, 0.3) is 0 Å². The van der Waals surface area contributed by atoms with Crippen LogP contribution in [0.5, 0.6) is 0 Å². The first kappa shape index (κ1) is 14.5. The number of anilines is 1. The average molecular weight is 285 g/mol. The second kappa shape index (κ2) is 5.64. The van der Waals surface area contributed by atoms with Gasteiger partial charge in [-0.2, -0.15) is 5.26 Å². The van der Waals surface area contributed by atoms with E-state index in [9.17, 15) is 5.26 Å². The summed E-state index contributed by atoms with van der Waals surface area (Å²) in [5, 5.41) is 15.6. The van der Waals surface area contributed by atoms with Crippen LogP contribution in [0, 0.1) is 18.3 Å². The van der Waals surface area contributed by atoms with Gasteiger partial charge < -0.3 is 5.32 Å². The summed E-state index contributed by atoms with van der Waals surface area (Å²) in [6, 6.07) is 9.89. The molecule has 0 radical (unpaired) electrons. The Labute approximate surface area is 124 Å². The van der Waals surface area contributed by atoms with Crippen molar-refractivity contribution in [2.24, 2.45) is 0 Å². The number of nitrogens with one attached hydrogen (secondary N) is 1. The molecule has 3 nitrogen and oxygen atoms in total. The summed E-state index contributed by atoms with van der Waals surface area (Å²) >= 11 is 1.61. The van der Waals surface area contributed by atoms with E-state index in [1.807, 2.05) is 36.6 Å². The molecule has 0 saturated heterocycles. The molecule has 0 bridgehead atoms. The van der Waals surface area contributed by atoms with Crippen molar-refractivity contribution in [3.05, 3.63) is 45.9 Å². The van der Waals surface area contributed by atoms with Crippen molar-refractivity contribution in [2.45, 2.75) is 39.2 Å². The molecule has 1 atom stereocenters. The van der Waals surface area contributed by atoms with Gasteiger partial charge in [0.05, 0.1) is 16.8 Å². The fourth-order valence-corrected chi connectivity index (χ4v) is 2.68. The third-order valence-electron chi connectivity index (χ3n) is 2.95. The zero-order valence-electron chi connectivity index (χ0n) is 12.3. The number of aryl methyl sites for hydroxylation is 1. The predicted molar refractivity (Wildman–Crippen MR) is 84.0 cm³/mol. The lowest BCUT2D eigenvalue weighted by Crippen LogP contribution is -2.13. The van der Waals surface area contributed by atoms with Crippen molar-refractivity contribution >= 4 is 17.0 Å². The molecule has 0 spiro atoms. The Morgan fingerprint density at radius 3 is 2.40 bits per heavy atom. The lowest BCUT2D eigenvalue weighted by atomic mass is 9.98. The number of hydrogen-bond acceptors (Lipinski definition) is 4. The van der Waals surface area contributed by atoms with Crippen molar-refractivity contribution < 1.29 is 0 Å². The predicted octanol–water partition coefficient (Wildman–Crippen LogP) is 4.43. The van der Waals surface area contributed by atoms with E-state index in [1.54, 1.807) is 11.3 Å². The number of thiazole rings is 1. The maximum Gasteiger partial charge on any atom is 0.158 e. The molecular weight excluding hydrogens is 266 g/mol. The maximum atomic E-state index is 9.36. The quantitative estimate of drug-likeness (QED) is 0.907. The lowest BCUT2D eigenvalue weighted by Gasteiger charge is -2.14. The van der Waals surface area contributed by atoms with Crippen LogP contribution >= 0.6 is 11.3 Å². The van der Waals surface area contributed by atoms with Gasteiger partial charge in [-0.1, -0.05) is 38.5 Å². The van der Waals surface area contributed by atoms with E-state index < -0.39 is 6.04 Å². The minimum absolute atomic E-state index is 0.0206. The highest BCUT2D eigenvalue weighted by Gasteiger charge is 2.21. The molecule has 1 aromatic heterocycles. The zero-order chi connectivity index (χ0) is 14.8. The van der Waals surface area contributed by atoms with Crippen molar-refractivity contribution in [3.63, 3.8) is 0 Å². The summed E-state index contributed by atoms with van der Waals surface area (Å²) < 4.78 is 0. The van der Waals surface area contributed by atoms with Gasteiger partial charge in [0.15, 0.2) is 6.04 Å². The van der Waals surface area contributed by atoms with Crippen LogP contribution in [-0.2, 0) is 5.41 Å². The van der Waals surface area contributed by atoms with Crippen LogP contribution in [0.4, 0.5) is 5.69 Å². The molecule has 2 rings (SSSR count). The smallest absolute Gasteiger partial charge is 0.158 e. The van der Waals surface area contributed by atoms with Crippen molar-refractivity contribution in [1.82, 2.24) is 4.98 Å². The highest BCUT2D eigenvalue weighted by molar-refractivity contribution is 7.09. The van der Waals surface area contributed by atoms with Crippen LogP contribution in [0.15, 0.2) is 29.6 Å². The normalized spacial score (nSPS) is 12.8. The standard InChI is InChI=1S/C16H19N3S/c1-11-5-7-12(8-6-11)18-13(9-17)14-10-20-15(19-14)16(2,3)4/h5-8,10,13,18H,1-4H3. The first-order chi connectivity index (χ1) is 9.40. The van der Waals surface area contributed by atoms with Gasteiger partial charge in [-0.3, -0.25) is 0 Å². The summed E-state index contributed by atoms with van der Waals surface area (Å²) in [6.45, 7) is 8.43. The van der Waals surface area contributed by atoms with Crippen molar-refractivity contribution in [3.8, 4) is 6.07 Å². The number of nitrogens with zero attached hydrogens (tertiary/aromatic N) is 2. The van der Waals surface area contributed by atoms with Crippen LogP contribution in [-0.4, -0.2) is 4.98 Å². The molecule has 4 heteroatoms. The monoisotopic (exact) mass is 285 g/mol. The first-order valence-corrected chi connectivity index (χ1v) is 7.47. The molecule has 104 valence electrons. The van der Waals surface area contributed by atoms with Gasteiger partial charge in [-0.15, -0.1) is 11.3 Å². The van der Waals surface area contributed by atoms with Gasteiger partial charge in [0.25, 0.3) is 0 Å². The molecule has 0 saturated carbocycles. The summed E-state index contributed by atoms with van der Waals surface area (Å²) in [5.41, 5.74) is 2.95. The first-order valence-electron chi connectivity index (χ1n) is 6.59. The van der Waals surface area contributed by atoms with Crippen LogP contribution < -0.4 is 5.32 Å². The summed E-state index contributed by atoms with van der Waals surface area (Å²) in [7, 11) is 0. The maximum absolute atomic E-state index is 9.36. The highest BCUT2D eigenvalue weighted by atomic mass is 32.1. The molecule has 1 aromatic carbocycles. The second-order valence-electron chi connectivity index (χ2n) is 5.90. The third-order valence-corrected chi connectivity index (χ3v) is 4.24. The van der Waals surface area contributed by atoms with Gasteiger partial charge in [-0.05, 0) is 19.1 Å². The Hall–Kier alpha value is -1.86. The molecule has 0 fully saturated rings. The van der Waals surface area contributed by atoms with Gasteiger partial charge in [-0.25, -0.2) is 4.98 Å². The average Bonchev–Trinajstić information content (AvgIpc) is 2.87. The van der Waals surface area contributed by atoms with E-state index in [2.05, 4.69) is 37.1 Å². The van der Waals surface area contributed by atoms with Crippen molar-refractivity contribution in [1.29, 1.82) is 5.26 Å². The number of rotatable bonds is 3. The van der Waals surface area contributed by atoms with E-state index in [1.165, 1.54) is 5.56 Å². The molecule has 0 aliphatic rings. The highest BCUT2D eigenvalue weighted by Crippen LogP contribution is 2.28. The van der Waals surface area contributed by atoms with E-state index in [0.29, 0.717) is 0 Å². The van der Waals surface area contributed by atoms with Crippen molar-refractivity contribution in [2.75, 3.05) is 5.32 Å². The second-order valence-corrected chi connectivity index (χ2v) is 6.76.